The van der Waals surface area contributed by atoms with Gasteiger partial charge in [-0.3, -0.25) is 4.79 Å². The third kappa shape index (κ3) is 4.22. The molecule has 3 fully saturated rings. The Labute approximate surface area is 195 Å². The number of amides is 1. The molecule has 2 aliphatic carbocycles. The van der Waals surface area contributed by atoms with Crippen LogP contribution in [0.3, 0.4) is 0 Å². The smallest absolute Gasteiger partial charge is 0.260 e. The molecule has 1 heterocycles. The number of rotatable bonds is 6. The lowest BCUT2D eigenvalue weighted by atomic mass is 9.91. The third-order valence-corrected chi connectivity index (χ3v) is 7.86. The molecular weight excluding hydrogens is 472 g/mol. The zero-order valence-corrected chi connectivity index (χ0v) is 19.3. The molecule has 3 aliphatic rings. The second kappa shape index (κ2) is 7.78. The van der Waals surface area contributed by atoms with E-state index in [4.69, 9.17) is 0 Å². The minimum absolute atomic E-state index is 0.0152. The van der Waals surface area contributed by atoms with E-state index in [2.05, 4.69) is 4.72 Å². The van der Waals surface area contributed by atoms with Gasteiger partial charge < -0.3 is 4.90 Å². The molecule has 2 atom stereocenters. The van der Waals surface area contributed by atoms with Crippen molar-refractivity contribution in [1.29, 1.82) is 0 Å². The normalized spacial score (nSPS) is 24.4. The zero-order chi connectivity index (χ0) is 24.5. The molecule has 1 amide bonds. The lowest BCUT2D eigenvalue weighted by Gasteiger charge is -2.30. The summed E-state index contributed by atoms with van der Waals surface area (Å²) in [5.74, 6) is -3.11. The zero-order valence-electron chi connectivity index (χ0n) is 18.5. The molecule has 182 valence electrons. The van der Waals surface area contributed by atoms with Gasteiger partial charge in [-0.15, -0.1) is 0 Å². The molecule has 1 spiro atoms. The van der Waals surface area contributed by atoms with E-state index >= 15 is 4.39 Å². The topological polar surface area (TPSA) is 66.5 Å². The van der Waals surface area contributed by atoms with Crippen molar-refractivity contribution >= 4 is 15.9 Å². The molecule has 0 bridgehead atoms. The summed E-state index contributed by atoms with van der Waals surface area (Å²) in [6, 6.07) is 5.63. The van der Waals surface area contributed by atoms with E-state index in [1.54, 1.807) is 0 Å². The predicted molar refractivity (Wildman–Crippen MR) is 117 cm³/mol. The van der Waals surface area contributed by atoms with Gasteiger partial charge in [-0.25, -0.2) is 30.7 Å². The summed E-state index contributed by atoms with van der Waals surface area (Å²) in [7, 11) is -3.66. The maximum atomic E-state index is 15.6. The molecule has 5 nitrogen and oxygen atoms in total. The standard InChI is InChI=1S/C24H24F4N2O3S/c1-34(32,33)29-21-19(30(13-23(21)5-6-23)22(31)24(28)7-8-24)11-14-3-2-4-18(20(14)27)15-9-16(25)12-17(26)10-15/h2-4,9-10,12,19,21,29H,5-8,11,13H2,1H3. The first-order valence-corrected chi connectivity index (χ1v) is 13.0. The van der Waals surface area contributed by atoms with E-state index in [9.17, 15) is 26.4 Å². The van der Waals surface area contributed by atoms with Crippen molar-refractivity contribution in [1.82, 2.24) is 9.62 Å². The molecule has 1 N–H and O–H groups in total. The summed E-state index contributed by atoms with van der Waals surface area (Å²) in [5, 5.41) is 0. The summed E-state index contributed by atoms with van der Waals surface area (Å²) in [5.41, 5.74) is -2.32. The minimum atomic E-state index is -3.66. The first-order valence-electron chi connectivity index (χ1n) is 11.1. The summed E-state index contributed by atoms with van der Waals surface area (Å²) < 4.78 is 84.6. The average Bonchev–Trinajstić information content (AvgIpc) is 3.65. The van der Waals surface area contributed by atoms with Crippen LogP contribution in [0.5, 0.6) is 0 Å². The van der Waals surface area contributed by atoms with E-state index < -0.39 is 56.5 Å². The van der Waals surface area contributed by atoms with Gasteiger partial charge in [-0.1, -0.05) is 18.2 Å². The van der Waals surface area contributed by atoms with Crippen LogP contribution in [0.2, 0.25) is 0 Å². The highest BCUT2D eigenvalue weighted by Crippen LogP contribution is 2.57. The first kappa shape index (κ1) is 23.3. The number of nitrogens with one attached hydrogen (secondary N) is 1. The molecule has 1 saturated heterocycles. The summed E-state index contributed by atoms with van der Waals surface area (Å²) >= 11 is 0. The van der Waals surface area contributed by atoms with Gasteiger partial charge in [0.15, 0.2) is 5.67 Å². The number of halogens is 4. The van der Waals surface area contributed by atoms with Crippen molar-refractivity contribution in [2.24, 2.45) is 5.41 Å². The fourth-order valence-corrected chi connectivity index (χ4v) is 6.00. The second-order valence-electron chi connectivity index (χ2n) is 9.84. The molecule has 2 aromatic carbocycles. The molecule has 10 heteroatoms. The van der Waals surface area contributed by atoms with Crippen molar-refractivity contribution in [3.05, 3.63) is 59.4 Å². The number of hydrogen-bond donors (Lipinski definition) is 1. The van der Waals surface area contributed by atoms with Crippen LogP contribution in [0.25, 0.3) is 11.1 Å². The Kier molecular flexibility index (Phi) is 5.33. The van der Waals surface area contributed by atoms with Crippen molar-refractivity contribution in [2.45, 2.75) is 49.9 Å². The van der Waals surface area contributed by atoms with Gasteiger partial charge in [0.2, 0.25) is 10.0 Å². The number of benzene rings is 2. The number of hydrogen-bond acceptors (Lipinski definition) is 3. The molecule has 1 aliphatic heterocycles. The van der Waals surface area contributed by atoms with E-state index in [0.29, 0.717) is 18.9 Å². The quantitative estimate of drug-likeness (QED) is 0.620. The highest BCUT2D eigenvalue weighted by Gasteiger charge is 2.64. The van der Waals surface area contributed by atoms with E-state index in [1.165, 1.54) is 23.1 Å². The molecule has 5 rings (SSSR count). The van der Waals surface area contributed by atoms with Gasteiger partial charge >= 0.3 is 0 Å². The number of carbonyl (C=O) groups excluding carboxylic acids is 1. The van der Waals surface area contributed by atoms with Gasteiger partial charge in [-0.05, 0) is 55.4 Å². The van der Waals surface area contributed by atoms with Gasteiger partial charge in [0.25, 0.3) is 5.91 Å². The SMILES string of the molecule is CS(=O)(=O)NC1C(Cc2cccc(-c3cc(F)cc(F)c3)c2F)N(C(=O)C2(F)CC2)CC12CC2. The fourth-order valence-electron chi connectivity index (χ4n) is 5.13. The van der Waals surface area contributed by atoms with Crippen molar-refractivity contribution < 1.29 is 30.8 Å². The first-order chi connectivity index (χ1) is 15.9. The average molecular weight is 497 g/mol. The number of likely N-dealkylation sites (tertiary alicyclic amines) is 1. The fraction of sp³-hybridized carbons (Fsp3) is 0.458. The lowest BCUT2D eigenvalue weighted by molar-refractivity contribution is -0.139. The Hall–Kier alpha value is -2.46. The molecule has 2 saturated carbocycles. The Bertz CT molecular complexity index is 1250. The maximum Gasteiger partial charge on any atom is 0.260 e. The van der Waals surface area contributed by atoms with Gasteiger partial charge in [0, 0.05) is 29.6 Å². The lowest BCUT2D eigenvalue weighted by Crippen LogP contribution is -2.51. The maximum absolute atomic E-state index is 15.6. The Balaban J connectivity index is 1.53. The molecule has 2 unspecified atom stereocenters. The van der Waals surface area contributed by atoms with Crippen LogP contribution >= 0.6 is 0 Å². The number of sulfonamides is 1. The van der Waals surface area contributed by atoms with Gasteiger partial charge in [0.05, 0.1) is 12.3 Å². The highest BCUT2D eigenvalue weighted by atomic mass is 32.2. The summed E-state index contributed by atoms with van der Waals surface area (Å²) in [6.45, 7) is 0.200. The van der Waals surface area contributed by atoms with Gasteiger partial charge in [0.1, 0.15) is 17.5 Å². The largest absolute Gasteiger partial charge is 0.334 e. The number of carbonyl (C=O) groups is 1. The van der Waals surface area contributed by atoms with Crippen LogP contribution in [0.4, 0.5) is 17.6 Å². The van der Waals surface area contributed by atoms with Crippen LogP contribution in [0.15, 0.2) is 36.4 Å². The van der Waals surface area contributed by atoms with Crippen molar-refractivity contribution in [3.8, 4) is 11.1 Å². The Morgan fingerprint density at radius 1 is 1.09 bits per heavy atom. The molecule has 2 aromatic rings. The minimum Gasteiger partial charge on any atom is -0.334 e. The summed E-state index contributed by atoms with van der Waals surface area (Å²) in [4.78, 5) is 14.4. The van der Waals surface area contributed by atoms with Gasteiger partial charge in [-0.2, -0.15) is 0 Å². The van der Waals surface area contributed by atoms with E-state index in [-0.39, 0.29) is 42.5 Å². The molecular formula is C24H24F4N2O3S. The van der Waals surface area contributed by atoms with Crippen LogP contribution in [-0.4, -0.2) is 49.8 Å². The number of alkyl halides is 1. The molecule has 0 radical (unpaired) electrons. The molecule has 0 aromatic heterocycles. The van der Waals surface area contributed by atoms with E-state index in [1.807, 2.05) is 0 Å². The third-order valence-electron chi connectivity index (χ3n) is 7.18. The van der Waals surface area contributed by atoms with Crippen molar-refractivity contribution in [2.75, 3.05) is 12.8 Å². The van der Waals surface area contributed by atoms with Crippen molar-refractivity contribution in [3.63, 3.8) is 0 Å². The second-order valence-corrected chi connectivity index (χ2v) is 11.6. The van der Waals surface area contributed by atoms with Crippen LogP contribution < -0.4 is 4.72 Å². The summed E-state index contributed by atoms with van der Waals surface area (Å²) in [6.07, 6.45) is 2.51. The number of nitrogens with zero attached hydrogens (tertiary/aromatic N) is 1. The molecule has 34 heavy (non-hydrogen) atoms. The Morgan fingerprint density at radius 3 is 2.29 bits per heavy atom. The van der Waals surface area contributed by atoms with Crippen LogP contribution in [0, 0.1) is 22.9 Å². The Morgan fingerprint density at radius 2 is 1.74 bits per heavy atom. The van der Waals surface area contributed by atoms with E-state index in [0.717, 1.165) is 18.4 Å². The predicted octanol–water partition coefficient (Wildman–Crippen LogP) is 3.72. The van der Waals surface area contributed by atoms with Crippen LogP contribution in [-0.2, 0) is 21.2 Å². The van der Waals surface area contributed by atoms with Crippen LogP contribution in [0.1, 0.15) is 31.2 Å². The highest BCUT2D eigenvalue weighted by molar-refractivity contribution is 7.88. The monoisotopic (exact) mass is 496 g/mol.